The Morgan fingerprint density at radius 3 is 2.56 bits per heavy atom. The first-order chi connectivity index (χ1) is 7.33. The van der Waals surface area contributed by atoms with E-state index in [0.29, 0.717) is 0 Å². The molecule has 0 bridgehead atoms. The summed E-state index contributed by atoms with van der Waals surface area (Å²) >= 11 is 0. The molecule has 0 radical (unpaired) electrons. The summed E-state index contributed by atoms with van der Waals surface area (Å²) in [6, 6.07) is 0. The van der Waals surface area contributed by atoms with Gasteiger partial charge in [-0.05, 0) is 6.08 Å². The molecule has 0 aliphatic heterocycles. The number of carboxylic acid groups (broad SMARTS) is 1. The van der Waals surface area contributed by atoms with Crippen molar-refractivity contribution in [2.75, 3.05) is 7.11 Å². The van der Waals surface area contributed by atoms with Gasteiger partial charge >= 0.3 is 12.1 Å². The molecule has 0 aromatic heterocycles. The molecule has 0 fully saturated rings. The number of methoxy groups -OCH3 is 1. The van der Waals surface area contributed by atoms with Gasteiger partial charge in [0.1, 0.15) is 0 Å². The molecule has 6 heteroatoms. The van der Waals surface area contributed by atoms with Crippen molar-refractivity contribution in [2.45, 2.75) is 18.2 Å². The van der Waals surface area contributed by atoms with E-state index in [2.05, 4.69) is 4.74 Å². The lowest BCUT2D eigenvalue weighted by molar-refractivity contribution is -0.263. The summed E-state index contributed by atoms with van der Waals surface area (Å²) in [5.41, 5.74) is -2.54. The maximum Gasteiger partial charge on any atom is 0.421 e. The first kappa shape index (κ1) is 12.8. The zero-order valence-corrected chi connectivity index (χ0v) is 8.49. The van der Waals surface area contributed by atoms with Crippen molar-refractivity contribution in [3.05, 3.63) is 24.3 Å². The minimum atomic E-state index is -4.65. The van der Waals surface area contributed by atoms with Gasteiger partial charge in [-0.25, -0.2) is 0 Å². The lowest BCUT2D eigenvalue weighted by Crippen LogP contribution is -2.52. The van der Waals surface area contributed by atoms with Gasteiger partial charge < -0.3 is 9.84 Å². The third-order valence-corrected chi connectivity index (χ3v) is 2.52. The highest BCUT2D eigenvalue weighted by atomic mass is 19.4. The van der Waals surface area contributed by atoms with Gasteiger partial charge in [-0.2, -0.15) is 13.2 Å². The quantitative estimate of drug-likeness (QED) is 0.816. The third kappa shape index (κ3) is 2.11. The number of rotatable bonds is 3. The van der Waals surface area contributed by atoms with Gasteiger partial charge in [-0.15, -0.1) is 0 Å². The van der Waals surface area contributed by atoms with Crippen LogP contribution >= 0.6 is 0 Å². The molecule has 1 unspecified atom stereocenters. The summed E-state index contributed by atoms with van der Waals surface area (Å²) < 4.78 is 43.2. The molecule has 1 rings (SSSR count). The summed E-state index contributed by atoms with van der Waals surface area (Å²) in [5, 5.41) is 8.58. The van der Waals surface area contributed by atoms with Crippen molar-refractivity contribution in [3.8, 4) is 0 Å². The average molecular weight is 236 g/mol. The number of hydrogen-bond acceptors (Lipinski definition) is 2. The van der Waals surface area contributed by atoms with E-state index < -0.39 is 30.1 Å². The fraction of sp³-hybridized carbons (Fsp3) is 0.500. The third-order valence-electron chi connectivity index (χ3n) is 2.52. The van der Waals surface area contributed by atoms with Crippen LogP contribution in [0.5, 0.6) is 0 Å². The molecule has 16 heavy (non-hydrogen) atoms. The van der Waals surface area contributed by atoms with Crippen LogP contribution in [-0.2, 0) is 9.53 Å². The molecule has 2 atom stereocenters. The van der Waals surface area contributed by atoms with Crippen LogP contribution in [0.3, 0.4) is 0 Å². The van der Waals surface area contributed by atoms with Crippen LogP contribution in [0, 0.1) is 5.92 Å². The van der Waals surface area contributed by atoms with Gasteiger partial charge in [-0.1, -0.05) is 18.2 Å². The van der Waals surface area contributed by atoms with Gasteiger partial charge in [-0.3, -0.25) is 4.79 Å². The van der Waals surface area contributed by atoms with E-state index in [0.717, 1.165) is 13.2 Å². The van der Waals surface area contributed by atoms with Crippen molar-refractivity contribution < 1.29 is 27.8 Å². The predicted molar refractivity (Wildman–Crippen MR) is 49.8 cm³/mol. The second-order valence-corrected chi connectivity index (χ2v) is 3.44. The van der Waals surface area contributed by atoms with Gasteiger partial charge in [0.2, 0.25) is 0 Å². The smallest absolute Gasteiger partial charge is 0.421 e. The molecule has 1 N–H and O–H groups in total. The normalized spacial score (nSPS) is 29.4. The first-order valence-corrected chi connectivity index (χ1v) is 4.53. The van der Waals surface area contributed by atoms with E-state index in [9.17, 15) is 18.0 Å². The Morgan fingerprint density at radius 1 is 1.50 bits per heavy atom. The average Bonchev–Trinajstić information content (AvgIpc) is 2.16. The van der Waals surface area contributed by atoms with Gasteiger partial charge in [0.15, 0.2) is 5.60 Å². The van der Waals surface area contributed by atoms with Crippen LogP contribution in [0.25, 0.3) is 0 Å². The molecular formula is C10H11F3O3. The molecule has 0 saturated carbocycles. The number of carboxylic acids is 1. The number of aliphatic carboxylic acids is 1. The molecule has 1 aliphatic rings. The van der Waals surface area contributed by atoms with Gasteiger partial charge in [0, 0.05) is 13.0 Å². The van der Waals surface area contributed by atoms with Crippen molar-refractivity contribution >= 4 is 5.97 Å². The lowest BCUT2D eigenvalue weighted by atomic mass is 9.81. The van der Waals surface area contributed by atoms with Crippen LogP contribution in [0.4, 0.5) is 13.2 Å². The van der Waals surface area contributed by atoms with E-state index >= 15 is 0 Å². The van der Waals surface area contributed by atoms with Crippen LogP contribution in [0.1, 0.15) is 6.42 Å². The molecule has 90 valence electrons. The highest BCUT2D eigenvalue weighted by Gasteiger charge is 2.58. The van der Waals surface area contributed by atoms with E-state index in [4.69, 9.17) is 5.11 Å². The predicted octanol–water partition coefficient (Wildman–Crippen LogP) is 2.15. The maximum absolute atomic E-state index is 12.9. The number of hydrogen-bond donors (Lipinski definition) is 1. The minimum Gasteiger partial charge on any atom is -0.481 e. The molecule has 0 amide bonds. The second-order valence-electron chi connectivity index (χ2n) is 3.44. The first-order valence-electron chi connectivity index (χ1n) is 4.53. The summed E-state index contributed by atoms with van der Waals surface area (Å²) in [5.74, 6) is -2.55. The van der Waals surface area contributed by atoms with Gasteiger partial charge in [0.05, 0.1) is 6.42 Å². The zero-order chi connectivity index (χ0) is 12.4. The Balaban J connectivity index is 3.09. The molecule has 0 heterocycles. The summed E-state index contributed by atoms with van der Waals surface area (Å²) in [7, 11) is 0.922. The fourth-order valence-electron chi connectivity index (χ4n) is 1.71. The molecule has 1 aliphatic carbocycles. The number of carbonyl (C=O) groups is 1. The van der Waals surface area contributed by atoms with E-state index in [1.165, 1.54) is 18.2 Å². The summed E-state index contributed by atoms with van der Waals surface area (Å²) in [6.07, 6.45) is -0.644. The second kappa shape index (κ2) is 4.29. The van der Waals surface area contributed by atoms with Crippen molar-refractivity contribution in [3.63, 3.8) is 0 Å². The highest BCUT2D eigenvalue weighted by molar-refractivity contribution is 5.68. The van der Waals surface area contributed by atoms with Crippen LogP contribution < -0.4 is 0 Å². The molecule has 0 aromatic rings. The molecule has 3 nitrogen and oxygen atoms in total. The summed E-state index contributed by atoms with van der Waals surface area (Å²) in [4.78, 5) is 10.5. The molecule has 0 aromatic carbocycles. The van der Waals surface area contributed by atoms with Crippen molar-refractivity contribution in [2.24, 2.45) is 5.92 Å². The Kier molecular flexibility index (Phi) is 3.42. The number of ether oxygens (including phenoxy) is 1. The minimum absolute atomic E-state index is 0.631. The van der Waals surface area contributed by atoms with Crippen LogP contribution in [0.2, 0.25) is 0 Å². The molecule has 0 saturated heterocycles. The number of allylic oxidation sites excluding steroid dienone is 2. The topological polar surface area (TPSA) is 46.5 Å². The SMILES string of the molecule is COC1(C(F)(F)F)C=CC=C[C@H]1CC(=O)O. The van der Waals surface area contributed by atoms with E-state index in [1.807, 2.05) is 0 Å². The van der Waals surface area contributed by atoms with Gasteiger partial charge in [0.25, 0.3) is 0 Å². The maximum atomic E-state index is 12.9. The molecule has 0 spiro atoms. The number of halogens is 3. The fourth-order valence-corrected chi connectivity index (χ4v) is 1.71. The lowest BCUT2D eigenvalue weighted by Gasteiger charge is -2.38. The standard InChI is InChI=1S/C10H11F3O3/c1-16-9(10(11,12)13)5-3-2-4-7(9)6-8(14)15/h2-5,7H,6H2,1H3,(H,14,15)/t7-,9?/m0/s1. The highest BCUT2D eigenvalue weighted by Crippen LogP contribution is 2.43. The zero-order valence-electron chi connectivity index (χ0n) is 8.49. The van der Waals surface area contributed by atoms with Crippen LogP contribution in [0.15, 0.2) is 24.3 Å². The van der Waals surface area contributed by atoms with E-state index in [1.54, 1.807) is 0 Å². The van der Waals surface area contributed by atoms with Crippen molar-refractivity contribution in [1.29, 1.82) is 0 Å². The van der Waals surface area contributed by atoms with Crippen LogP contribution in [-0.4, -0.2) is 30.0 Å². The Labute approximate surface area is 90.2 Å². The number of alkyl halides is 3. The Morgan fingerprint density at radius 2 is 2.12 bits per heavy atom. The molecular weight excluding hydrogens is 225 g/mol. The summed E-state index contributed by atoms with van der Waals surface area (Å²) in [6.45, 7) is 0. The van der Waals surface area contributed by atoms with E-state index in [-0.39, 0.29) is 0 Å². The van der Waals surface area contributed by atoms with Crippen molar-refractivity contribution in [1.82, 2.24) is 0 Å². The monoisotopic (exact) mass is 236 g/mol. The largest absolute Gasteiger partial charge is 0.481 e. The Hall–Kier alpha value is -1.30. The Bertz CT molecular complexity index is 333.